The fourth-order valence-electron chi connectivity index (χ4n) is 1.03. The highest BCUT2D eigenvalue weighted by atomic mass is 32.2. The second-order valence-corrected chi connectivity index (χ2v) is 4.96. The van der Waals surface area contributed by atoms with Gasteiger partial charge >= 0.3 is 0 Å². The summed E-state index contributed by atoms with van der Waals surface area (Å²) in [5.74, 6) is 4.15. The van der Waals surface area contributed by atoms with Crippen LogP contribution in [-0.4, -0.2) is 49.7 Å². The molecule has 4 N–H and O–H groups in total. The lowest BCUT2D eigenvalue weighted by atomic mass is 10.6. The maximum Gasteiger partial charge on any atom is 0.0431 e. The Morgan fingerprint density at radius 1 is 0.500 bits per heavy atom. The van der Waals surface area contributed by atoms with E-state index in [9.17, 15) is 0 Å². The van der Waals surface area contributed by atoms with Crippen LogP contribution in [0.3, 0.4) is 0 Å². The maximum absolute atomic E-state index is 3.37. The van der Waals surface area contributed by atoms with E-state index < -0.39 is 0 Å². The number of rotatable bonds is 0. The molecule has 0 aromatic carbocycles. The van der Waals surface area contributed by atoms with E-state index in [-0.39, 0.29) is 0 Å². The molecule has 6 heteroatoms. The highest BCUT2D eigenvalue weighted by Crippen LogP contribution is 1.94. The van der Waals surface area contributed by atoms with Gasteiger partial charge in [-0.1, -0.05) is 0 Å². The van der Waals surface area contributed by atoms with Crippen molar-refractivity contribution >= 4 is 23.5 Å². The van der Waals surface area contributed by atoms with Gasteiger partial charge in [0, 0.05) is 49.7 Å². The van der Waals surface area contributed by atoms with Crippen LogP contribution in [0.15, 0.2) is 0 Å². The molecule has 0 spiro atoms. The van der Waals surface area contributed by atoms with Crippen LogP contribution in [0.25, 0.3) is 0 Å². The van der Waals surface area contributed by atoms with Gasteiger partial charge in [-0.25, -0.2) is 0 Å². The molecular weight excluding hydrogens is 216 g/mol. The molecule has 0 aliphatic carbocycles. The van der Waals surface area contributed by atoms with Crippen molar-refractivity contribution in [3.05, 3.63) is 0 Å². The van der Waals surface area contributed by atoms with Crippen LogP contribution in [0, 0.1) is 0 Å². The first kappa shape index (κ1) is 12.6. The molecule has 1 heterocycles. The van der Waals surface area contributed by atoms with Gasteiger partial charge in [-0.2, -0.15) is 0 Å². The molecular formula is C8H20N4S2. The smallest absolute Gasteiger partial charge is 0.0431 e. The summed E-state index contributed by atoms with van der Waals surface area (Å²) in [5.41, 5.74) is 0. The summed E-state index contributed by atoms with van der Waals surface area (Å²) in [6, 6.07) is 0. The molecule has 1 aliphatic rings. The van der Waals surface area contributed by atoms with Gasteiger partial charge in [0.1, 0.15) is 0 Å². The third-order valence-corrected chi connectivity index (χ3v) is 3.41. The van der Waals surface area contributed by atoms with Crippen molar-refractivity contribution in [2.75, 3.05) is 49.7 Å². The van der Waals surface area contributed by atoms with E-state index in [1.165, 1.54) is 0 Å². The van der Waals surface area contributed by atoms with E-state index in [2.05, 4.69) is 21.3 Å². The van der Waals surface area contributed by atoms with Crippen LogP contribution in [0.1, 0.15) is 0 Å². The summed E-state index contributed by atoms with van der Waals surface area (Å²) in [5, 5.41) is 13.5. The molecule has 0 saturated carbocycles. The van der Waals surface area contributed by atoms with Crippen LogP contribution in [0.4, 0.5) is 0 Å². The lowest BCUT2D eigenvalue weighted by Crippen LogP contribution is -2.31. The molecule has 0 aromatic rings. The molecule has 1 fully saturated rings. The lowest BCUT2D eigenvalue weighted by Gasteiger charge is -2.10. The zero-order chi connectivity index (χ0) is 9.90. The molecule has 1 saturated heterocycles. The van der Waals surface area contributed by atoms with Crippen molar-refractivity contribution in [1.29, 1.82) is 0 Å². The first-order valence-electron chi connectivity index (χ1n) is 4.98. The third-order valence-electron chi connectivity index (χ3n) is 1.77. The average molecular weight is 236 g/mol. The van der Waals surface area contributed by atoms with Gasteiger partial charge < -0.3 is 21.3 Å². The van der Waals surface area contributed by atoms with Crippen LogP contribution in [-0.2, 0) is 0 Å². The van der Waals surface area contributed by atoms with Gasteiger partial charge in [0.15, 0.2) is 0 Å². The molecule has 4 nitrogen and oxygen atoms in total. The fraction of sp³-hybridized carbons (Fsp3) is 1.00. The zero-order valence-corrected chi connectivity index (χ0v) is 10.1. The SMILES string of the molecule is C1CNCSCNCCNCSCN1. The predicted octanol–water partition coefficient (Wildman–Crippen LogP) is -0.345. The highest BCUT2D eigenvalue weighted by molar-refractivity contribution is 7.99. The van der Waals surface area contributed by atoms with Gasteiger partial charge in [0.2, 0.25) is 0 Å². The Balaban J connectivity index is 2.00. The standard InChI is InChI=1S/C8H20N4S2/c1-2-10-6-14-8-12-4-3-11-7-13-5-9-1/h9-12H,1-8H2. The summed E-state index contributed by atoms with van der Waals surface area (Å²) in [7, 11) is 0. The molecule has 1 rings (SSSR count). The number of hydrogen-bond donors (Lipinski definition) is 4. The van der Waals surface area contributed by atoms with Crippen molar-refractivity contribution in [3.63, 3.8) is 0 Å². The molecule has 0 aromatic heterocycles. The van der Waals surface area contributed by atoms with Crippen molar-refractivity contribution in [1.82, 2.24) is 21.3 Å². The summed E-state index contributed by atoms with van der Waals surface area (Å²) in [6.07, 6.45) is 0. The molecule has 0 bridgehead atoms. The summed E-state index contributed by atoms with van der Waals surface area (Å²) in [6.45, 7) is 4.23. The lowest BCUT2D eigenvalue weighted by molar-refractivity contribution is 0.681. The Hall–Kier alpha value is 0.540. The van der Waals surface area contributed by atoms with E-state index in [0.717, 1.165) is 49.7 Å². The summed E-state index contributed by atoms with van der Waals surface area (Å²) < 4.78 is 0. The van der Waals surface area contributed by atoms with E-state index >= 15 is 0 Å². The number of thioether (sulfide) groups is 2. The fourth-order valence-corrected chi connectivity index (χ4v) is 2.39. The van der Waals surface area contributed by atoms with E-state index in [0.29, 0.717) is 0 Å². The molecule has 14 heavy (non-hydrogen) atoms. The summed E-state index contributed by atoms with van der Waals surface area (Å²) in [4.78, 5) is 0. The largest absolute Gasteiger partial charge is 0.307 e. The Bertz CT molecular complexity index is 72.6. The minimum atomic E-state index is 1.04. The number of hydrogen-bond acceptors (Lipinski definition) is 6. The Labute approximate surface area is 94.7 Å². The van der Waals surface area contributed by atoms with Crippen molar-refractivity contribution in [2.45, 2.75) is 0 Å². The second kappa shape index (κ2) is 10.1. The number of nitrogens with one attached hydrogen (secondary N) is 4. The van der Waals surface area contributed by atoms with Crippen LogP contribution < -0.4 is 21.3 Å². The molecule has 84 valence electrons. The van der Waals surface area contributed by atoms with Gasteiger partial charge in [-0.15, -0.1) is 23.5 Å². The minimum absolute atomic E-state index is 1.04. The Morgan fingerprint density at radius 3 is 1.07 bits per heavy atom. The second-order valence-electron chi connectivity index (χ2n) is 2.99. The van der Waals surface area contributed by atoms with E-state index in [1.54, 1.807) is 0 Å². The third kappa shape index (κ3) is 7.90. The maximum atomic E-state index is 3.37. The normalized spacial score (nSPS) is 24.0. The highest BCUT2D eigenvalue weighted by Gasteiger charge is 1.93. The molecule has 1 aliphatic heterocycles. The van der Waals surface area contributed by atoms with Gasteiger partial charge in [0.25, 0.3) is 0 Å². The monoisotopic (exact) mass is 236 g/mol. The van der Waals surface area contributed by atoms with Crippen molar-refractivity contribution < 1.29 is 0 Å². The minimum Gasteiger partial charge on any atom is -0.307 e. The average Bonchev–Trinajstić information content (AvgIpc) is 2.22. The Morgan fingerprint density at radius 2 is 0.786 bits per heavy atom. The van der Waals surface area contributed by atoms with Gasteiger partial charge in [-0.05, 0) is 0 Å². The first-order chi connectivity index (χ1) is 7.00. The molecule has 0 unspecified atom stereocenters. The Kier molecular flexibility index (Phi) is 9.07. The van der Waals surface area contributed by atoms with Crippen molar-refractivity contribution in [2.24, 2.45) is 0 Å². The summed E-state index contributed by atoms with van der Waals surface area (Å²) >= 11 is 3.79. The van der Waals surface area contributed by atoms with Gasteiger partial charge in [0.05, 0.1) is 0 Å². The topological polar surface area (TPSA) is 48.1 Å². The van der Waals surface area contributed by atoms with Crippen LogP contribution >= 0.6 is 23.5 Å². The van der Waals surface area contributed by atoms with Crippen molar-refractivity contribution in [3.8, 4) is 0 Å². The van der Waals surface area contributed by atoms with Crippen LogP contribution in [0.5, 0.6) is 0 Å². The molecule has 0 atom stereocenters. The quantitative estimate of drug-likeness (QED) is 0.461. The predicted molar refractivity (Wildman–Crippen MR) is 66.7 cm³/mol. The van der Waals surface area contributed by atoms with Gasteiger partial charge in [-0.3, -0.25) is 0 Å². The van der Waals surface area contributed by atoms with E-state index in [4.69, 9.17) is 0 Å². The van der Waals surface area contributed by atoms with Crippen LogP contribution in [0.2, 0.25) is 0 Å². The van der Waals surface area contributed by atoms with E-state index in [1.807, 2.05) is 23.5 Å². The molecule has 0 amide bonds. The molecule has 0 radical (unpaired) electrons. The first-order valence-corrected chi connectivity index (χ1v) is 7.29. The zero-order valence-electron chi connectivity index (χ0n) is 8.47.